The van der Waals surface area contributed by atoms with Crippen molar-refractivity contribution in [2.75, 3.05) is 6.54 Å². The molecule has 3 nitrogen and oxygen atoms in total. The molecule has 0 bridgehead atoms. The smallest absolute Gasteiger partial charge is 0.0850 e. The Bertz CT molecular complexity index is 588. The zero-order valence-corrected chi connectivity index (χ0v) is 14.8. The van der Waals surface area contributed by atoms with Gasteiger partial charge in [-0.2, -0.15) is 16.4 Å². The van der Waals surface area contributed by atoms with Crippen molar-refractivity contribution in [2.24, 2.45) is 0 Å². The standard InChI is InChI=1S/C16H24ClN3S/c1-5-13-16(17)15(20(7-3)19-13)8-14(18-6-2)12-10-21-9-11(12)4/h9-10,14,18H,5-8H2,1-4H3. The van der Waals surface area contributed by atoms with E-state index >= 15 is 0 Å². The van der Waals surface area contributed by atoms with Crippen LogP contribution in [0.1, 0.15) is 49.3 Å². The molecule has 0 amide bonds. The highest BCUT2D eigenvalue weighted by atomic mass is 35.5. The molecule has 2 rings (SSSR count). The predicted octanol–water partition coefficient (Wildman–Crippen LogP) is 4.38. The first kappa shape index (κ1) is 16.5. The molecule has 0 fully saturated rings. The van der Waals surface area contributed by atoms with E-state index in [0.717, 1.165) is 42.3 Å². The van der Waals surface area contributed by atoms with Gasteiger partial charge in [0.2, 0.25) is 0 Å². The van der Waals surface area contributed by atoms with E-state index in [-0.39, 0.29) is 0 Å². The second-order valence-electron chi connectivity index (χ2n) is 5.20. The molecule has 1 unspecified atom stereocenters. The van der Waals surface area contributed by atoms with Crippen LogP contribution in [0.25, 0.3) is 0 Å². The number of likely N-dealkylation sites (N-methyl/N-ethyl adjacent to an activating group) is 1. The van der Waals surface area contributed by atoms with Gasteiger partial charge in [0, 0.05) is 19.0 Å². The monoisotopic (exact) mass is 325 g/mol. The molecule has 2 aromatic heterocycles. The summed E-state index contributed by atoms with van der Waals surface area (Å²) >= 11 is 8.30. The third kappa shape index (κ3) is 3.50. The Kier molecular flexibility index (Phi) is 5.85. The molecule has 2 aromatic rings. The van der Waals surface area contributed by atoms with Gasteiger partial charge in [-0.3, -0.25) is 4.68 Å². The van der Waals surface area contributed by atoms with Crippen LogP contribution in [-0.2, 0) is 19.4 Å². The SMILES string of the molecule is CCNC(Cc1c(Cl)c(CC)nn1CC)c1cscc1C. The van der Waals surface area contributed by atoms with Crippen molar-refractivity contribution in [3.05, 3.63) is 38.3 Å². The topological polar surface area (TPSA) is 29.9 Å². The van der Waals surface area contributed by atoms with Crippen LogP contribution >= 0.6 is 22.9 Å². The molecular formula is C16H24ClN3S. The van der Waals surface area contributed by atoms with Gasteiger partial charge >= 0.3 is 0 Å². The Morgan fingerprint density at radius 1 is 1.33 bits per heavy atom. The Balaban J connectivity index is 2.33. The van der Waals surface area contributed by atoms with E-state index in [1.165, 1.54) is 11.1 Å². The lowest BCUT2D eigenvalue weighted by Crippen LogP contribution is -2.24. The number of nitrogens with one attached hydrogen (secondary N) is 1. The highest BCUT2D eigenvalue weighted by Crippen LogP contribution is 2.29. The summed E-state index contributed by atoms with van der Waals surface area (Å²) in [4.78, 5) is 0. The van der Waals surface area contributed by atoms with Gasteiger partial charge in [-0.1, -0.05) is 25.4 Å². The third-order valence-electron chi connectivity index (χ3n) is 3.81. The lowest BCUT2D eigenvalue weighted by Gasteiger charge is -2.19. The van der Waals surface area contributed by atoms with Crippen LogP contribution in [0.3, 0.4) is 0 Å². The van der Waals surface area contributed by atoms with Gasteiger partial charge in [0.05, 0.1) is 16.4 Å². The maximum atomic E-state index is 6.55. The van der Waals surface area contributed by atoms with Crippen LogP contribution in [0.15, 0.2) is 10.8 Å². The van der Waals surface area contributed by atoms with E-state index in [9.17, 15) is 0 Å². The van der Waals surface area contributed by atoms with Crippen LogP contribution in [0, 0.1) is 6.92 Å². The zero-order chi connectivity index (χ0) is 15.4. The second-order valence-corrected chi connectivity index (χ2v) is 6.32. The van der Waals surface area contributed by atoms with Crippen molar-refractivity contribution in [1.29, 1.82) is 0 Å². The zero-order valence-electron chi connectivity index (χ0n) is 13.2. The molecule has 21 heavy (non-hydrogen) atoms. The number of hydrogen-bond donors (Lipinski definition) is 1. The van der Waals surface area contributed by atoms with Crippen molar-refractivity contribution < 1.29 is 0 Å². The molecule has 0 aromatic carbocycles. The fourth-order valence-corrected chi connectivity index (χ4v) is 3.92. The minimum atomic E-state index is 0.297. The minimum absolute atomic E-state index is 0.297. The number of aryl methyl sites for hydroxylation is 3. The van der Waals surface area contributed by atoms with Crippen LogP contribution in [0.4, 0.5) is 0 Å². The van der Waals surface area contributed by atoms with Gasteiger partial charge in [-0.25, -0.2) is 0 Å². The highest BCUT2D eigenvalue weighted by molar-refractivity contribution is 7.08. The third-order valence-corrected chi connectivity index (χ3v) is 5.13. The minimum Gasteiger partial charge on any atom is -0.310 e. The van der Waals surface area contributed by atoms with Crippen LogP contribution in [-0.4, -0.2) is 16.3 Å². The Morgan fingerprint density at radius 3 is 2.62 bits per heavy atom. The van der Waals surface area contributed by atoms with Crippen LogP contribution < -0.4 is 5.32 Å². The summed E-state index contributed by atoms with van der Waals surface area (Å²) in [6, 6.07) is 0.297. The Labute approximate surface area is 136 Å². The summed E-state index contributed by atoms with van der Waals surface area (Å²) in [6.45, 7) is 10.3. The van der Waals surface area contributed by atoms with Crippen molar-refractivity contribution in [2.45, 2.75) is 53.1 Å². The summed E-state index contributed by atoms with van der Waals surface area (Å²) in [7, 11) is 0. The lowest BCUT2D eigenvalue weighted by molar-refractivity contribution is 0.515. The molecule has 0 radical (unpaired) electrons. The first-order valence-corrected chi connectivity index (χ1v) is 8.94. The lowest BCUT2D eigenvalue weighted by atomic mass is 10.0. The van der Waals surface area contributed by atoms with Crippen molar-refractivity contribution in [3.63, 3.8) is 0 Å². The van der Waals surface area contributed by atoms with Gasteiger partial charge in [0.15, 0.2) is 0 Å². The Hall–Kier alpha value is -0.840. The highest BCUT2D eigenvalue weighted by Gasteiger charge is 2.21. The number of aromatic nitrogens is 2. The van der Waals surface area contributed by atoms with Crippen molar-refractivity contribution in [1.82, 2.24) is 15.1 Å². The molecule has 5 heteroatoms. The van der Waals surface area contributed by atoms with E-state index in [0.29, 0.717) is 6.04 Å². The fraction of sp³-hybridized carbons (Fsp3) is 0.562. The molecule has 0 spiro atoms. The van der Waals surface area contributed by atoms with Gasteiger partial charge < -0.3 is 5.32 Å². The summed E-state index contributed by atoms with van der Waals surface area (Å²) < 4.78 is 2.05. The normalized spacial score (nSPS) is 12.8. The maximum Gasteiger partial charge on any atom is 0.0850 e. The molecule has 2 heterocycles. The summed E-state index contributed by atoms with van der Waals surface area (Å²) in [5.74, 6) is 0. The van der Waals surface area contributed by atoms with Gasteiger partial charge in [-0.15, -0.1) is 0 Å². The quantitative estimate of drug-likeness (QED) is 0.818. The summed E-state index contributed by atoms with van der Waals surface area (Å²) in [5, 5.41) is 13.5. The van der Waals surface area contributed by atoms with Crippen molar-refractivity contribution in [3.8, 4) is 0 Å². The predicted molar refractivity (Wildman–Crippen MR) is 91.5 cm³/mol. The van der Waals surface area contributed by atoms with E-state index in [1.807, 2.05) is 4.68 Å². The van der Waals surface area contributed by atoms with Crippen LogP contribution in [0.2, 0.25) is 5.02 Å². The van der Waals surface area contributed by atoms with E-state index < -0.39 is 0 Å². The first-order valence-electron chi connectivity index (χ1n) is 7.62. The number of thiophene rings is 1. The molecule has 1 N–H and O–H groups in total. The summed E-state index contributed by atoms with van der Waals surface area (Å²) in [6.07, 6.45) is 1.76. The van der Waals surface area contributed by atoms with Gasteiger partial charge in [0.25, 0.3) is 0 Å². The number of nitrogens with zero attached hydrogens (tertiary/aromatic N) is 2. The number of halogens is 1. The van der Waals surface area contributed by atoms with E-state index in [4.69, 9.17) is 11.6 Å². The van der Waals surface area contributed by atoms with E-state index in [2.05, 4.69) is 48.9 Å². The van der Waals surface area contributed by atoms with Gasteiger partial charge in [-0.05, 0) is 48.7 Å². The first-order chi connectivity index (χ1) is 10.1. The fourth-order valence-electron chi connectivity index (χ4n) is 2.67. The molecule has 1 atom stereocenters. The van der Waals surface area contributed by atoms with Crippen molar-refractivity contribution >= 4 is 22.9 Å². The second kappa shape index (κ2) is 7.43. The number of hydrogen-bond acceptors (Lipinski definition) is 3. The molecule has 0 saturated heterocycles. The molecule has 0 aliphatic heterocycles. The summed E-state index contributed by atoms with van der Waals surface area (Å²) in [5.41, 5.74) is 4.87. The average Bonchev–Trinajstić information content (AvgIpc) is 3.03. The molecule has 0 aliphatic rings. The Morgan fingerprint density at radius 2 is 2.10 bits per heavy atom. The molecule has 0 saturated carbocycles. The average molecular weight is 326 g/mol. The molecule has 116 valence electrons. The van der Waals surface area contributed by atoms with Gasteiger partial charge in [0.1, 0.15) is 0 Å². The molecular weight excluding hydrogens is 302 g/mol. The number of rotatable bonds is 7. The maximum absolute atomic E-state index is 6.55. The largest absolute Gasteiger partial charge is 0.310 e. The van der Waals surface area contributed by atoms with E-state index in [1.54, 1.807) is 11.3 Å². The van der Waals surface area contributed by atoms with Crippen LogP contribution in [0.5, 0.6) is 0 Å². The molecule has 0 aliphatic carbocycles.